The summed E-state index contributed by atoms with van der Waals surface area (Å²) < 4.78 is 2.02. The third-order valence-electron chi connectivity index (χ3n) is 5.11. The van der Waals surface area contributed by atoms with Crippen molar-refractivity contribution in [2.75, 3.05) is 26.7 Å². The summed E-state index contributed by atoms with van der Waals surface area (Å²) in [5.41, 5.74) is 4.80. The second-order valence-corrected chi connectivity index (χ2v) is 7.12. The van der Waals surface area contributed by atoms with Crippen LogP contribution < -0.4 is 5.32 Å². The van der Waals surface area contributed by atoms with Crippen LogP contribution in [0.1, 0.15) is 36.2 Å². The number of benzene rings is 1. The molecule has 0 unspecified atom stereocenters. The Morgan fingerprint density at radius 3 is 2.42 bits per heavy atom. The number of nitrogens with zero attached hydrogens (tertiary/aromatic N) is 3. The van der Waals surface area contributed by atoms with Crippen LogP contribution in [0.2, 0.25) is 0 Å². The minimum Gasteiger partial charge on any atom is -0.320 e. The van der Waals surface area contributed by atoms with E-state index in [4.69, 9.17) is 0 Å². The normalized spacial score (nSPS) is 16.6. The van der Waals surface area contributed by atoms with Crippen molar-refractivity contribution in [3.8, 4) is 5.69 Å². The van der Waals surface area contributed by atoms with Gasteiger partial charge in [0.2, 0.25) is 0 Å². The highest BCUT2D eigenvalue weighted by Gasteiger charge is 2.18. The first kappa shape index (κ1) is 17.2. The molecule has 24 heavy (non-hydrogen) atoms. The van der Waals surface area contributed by atoms with Crippen LogP contribution in [0.3, 0.4) is 0 Å². The lowest BCUT2D eigenvalue weighted by Crippen LogP contribution is -2.34. The van der Waals surface area contributed by atoms with Crippen molar-refractivity contribution < 1.29 is 0 Å². The predicted octanol–water partition coefficient (Wildman–Crippen LogP) is 3.31. The Morgan fingerprint density at radius 2 is 1.83 bits per heavy atom. The topological polar surface area (TPSA) is 33.1 Å². The Labute approximate surface area is 145 Å². The zero-order valence-electron chi connectivity index (χ0n) is 15.3. The zero-order chi connectivity index (χ0) is 16.9. The van der Waals surface area contributed by atoms with E-state index in [1.807, 2.05) is 18.7 Å². The van der Waals surface area contributed by atoms with E-state index in [0.29, 0.717) is 0 Å². The smallest absolute Gasteiger partial charge is 0.0648 e. The molecule has 1 fully saturated rings. The van der Waals surface area contributed by atoms with E-state index in [9.17, 15) is 0 Å². The molecule has 2 aromatic rings. The second-order valence-electron chi connectivity index (χ2n) is 7.12. The highest BCUT2D eigenvalue weighted by Crippen LogP contribution is 2.22. The van der Waals surface area contributed by atoms with Gasteiger partial charge < -0.3 is 5.32 Å². The number of hydrogen-bond donors (Lipinski definition) is 1. The monoisotopic (exact) mass is 326 g/mol. The molecule has 0 radical (unpaired) electrons. The fourth-order valence-electron chi connectivity index (χ4n) is 3.67. The van der Waals surface area contributed by atoms with Crippen LogP contribution in [0.5, 0.6) is 0 Å². The van der Waals surface area contributed by atoms with E-state index in [1.165, 1.54) is 43.6 Å². The first-order valence-electron chi connectivity index (χ1n) is 9.15. The average molecular weight is 326 g/mol. The zero-order valence-corrected chi connectivity index (χ0v) is 15.3. The summed E-state index contributed by atoms with van der Waals surface area (Å²) in [5.74, 6) is 0.905. The van der Waals surface area contributed by atoms with Gasteiger partial charge in [-0.2, -0.15) is 5.10 Å². The molecule has 1 aliphatic heterocycles. The Balaban J connectivity index is 1.55. The van der Waals surface area contributed by atoms with E-state index in [2.05, 4.69) is 52.6 Å². The summed E-state index contributed by atoms with van der Waals surface area (Å²) in [7, 11) is 2.05. The Morgan fingerprint density at radius 1 is 1.12 bits per heavy atom. The molecule has 1 aromatic heterocycles. The third-order valence-corrected chi connectivity index (χ3v) is 5.11. The lowest BCUT2D eigenvalue weighted by molar-refractivity contribution is 0.172. The highest BCUT2D eigenvalue weighted by molar-refractivity contribution is 5.36. The molecular weight excluding hydrogens is 296 g/mol. The molecule has 4 nitrogen and oxygen atoms in total. The molecule has 0 aliphatic carbocycles. The summed E-state index contributed by atoms with van der Waals surface area (Å²) >= 11 is 0. The van der Waals surface area contributed by atoms with Gasteiger partial charge in [0.15, 0.2) is 0 Å². The molecule has 1 saturated heterocycles. The van der Waals surface area contributed by atoms with E-state index in [0.717, 1.165) is 30.4 Å². The summed E-state index contributed by atoms with van der Waals surface area (Å²) in [6, 6.07) is 11.0. The van der Waals surface area contributed by atoms with Crippen LogP contribution in [-0.4, -0.2) is 41.4 Å². The van der Waals surface area contributed by atoms with Crippen molar-refractivity contribution in [1.29, 1.82) is 0 Å². The van der Waals surface area contributed by atoms with Crippen molar-refractivity contribution in [3.63, 3.8) is 0 Å². The lowest BCUT2D eigenvalue weighted by atomic mass is 9.93. The summed E-state index contributed by atoms with van der Waals surface area (Å²) in [6.07, 6.45) is 4.00. The molecule has 1 aliphatic rings. The molecule has 0 spiro atoms. The quantitative estimate of drug-likeness (QED) is 0.884. The second kappa shape index (κ2) is 7.95. The number of hydrogen-bond acceptors (Lipinski definition) is 3. The van der Waals surface area contributed by atoms with E-state index in [1.54, 1.807) is 0 Å². The van der Waals surface area contributed by atoms with Crippen LogP contribution in [-0.2, 0) is 6.54 Å². The minimum atomic E-state index is 0.905. The predicted molar refractivity (Wildman–Crippen MR) is 99.6 cm³/mol. The number of likely N-dealkylation sites (tertiary alicyclic amines) is 1. The van der Waals surface area contributed by atoms with Gasteiger partial charge in [-0.15, -0.1) is 0 Å². The van der Waals surface area contributed by atoms with E-state index < -0.39 is 0 Å². The van der Waals surface area contributed by atoms with Crippen LogP contribution >= 0.6 is 0 Å². The summed E-state index contributed by atoms with van der Waals surface area (Å²) in [5, 5.41) is 7.83. The summed E-state index contributed by atoms with van der Waals surface area (Å²) in [4.78, 5) is 2.59. The number of rotatable bonds is 6. The third kappa shape index (κ3) is 4.25. The van der Waals surface area contributed by atoms with Gasteiger partial charge in [0.25, 0.3) is 0 Å². The molecule has 3 rings (SSSR count). The van der Waals surface area contributed by atoms with Gasteiger partial charge in [-0.25, -0.2) is 4.68 Å². The standard InChI is InChI=1S/C20H30N4/c1-16-14-17(2)24(22-16)20-6-4-19(5-7-20)15-23-12-9-18(10-13-23)8-11-21-3/h4-7,14,18,21H,8-13,15H2,1-3H3. The summed E-state index contributed by atoms with van der Waals surface area (Å²) in [6.45, 7) is 8.82. The molecule has 1 N–H and O–H groups in total. The van der Waals surface area contributed by atoms with Gasteiger partial charge in [0, 0.05) is 12.2 Å². The molecular formula is C20H30N4. The maximum atomic E-state index is 4.56. The van der Waals surface area contributed by atoms with E-state index >= 15 is 0 Å². The minimum absolute atomic E-state index is 0.905. The van der Waals surface area contributed by atoms with Crippen LogP contribution in [0.4, 0.5) is 0 Å². The molecule has 0 atom stereocenters. The van der Waals surface area contributed by atoms with Gasteiger partial charge in [0.05, 0.1) is 11.4 Å². The SMILES string of the molecule is CNCCC1CCN(Cc2ccc(-n3nc(C)cc3C)cc2)CC1. The number of aryl methyl sites for hydroxylation is 2. The van der Waals surface area contributed by atoms with Crippen molar-refractivity contribution in [3.05, 3.63) is 47.3 Å². The molecule has 1 aromatic carbocycles. The Hall–Kier alpha value is -1.65. The van der Waals surface area contributed by atoms with Crippen molar-refractivity contribution in [2.24, 2.45) is 5.92 Å². The molecule has 130 valence electrons. The molecule has 0 bridgehead atoms. The molecule has 0 saturated carbocycles. The Kier molecular flexibility index (Phi) is 5.69. The van der Waals surface area contributed by atoms with Gasteiger partial charge in [-0.3, -0.25) is 4.90 Å². The lowest BCUT2D eigenvalue weighted by Gasteiger charge is -2.32. The fraction of sp³-hybridized carbons (Fsp3) is 0.550. The molecule has 0 amide bonds. The largest absolute Gasteiger partial charge is 0.320 e. The molecule has 4 heteroatoms. The van der Waals surface area contributed by atoms with Gasteiger partial charge in [-0.05, 0) is 89.5 Å². The first-order chi connectivity index (χ1) is 11.7. The van der Waals surface area contributed by atoms with Crippen molar-refractivity contribution in [2.45, 2.75) is 39.7 Å². The van der Waals surface area contributed by atoms with Crippen LogP contribution in [0.15, 0.2) is 30.3 Å². The average Bonchev–Trinajstić information content (AvgIpc) is 2.93. The van der Waals surface area contributed by atoms with Crippen molar-refractivity contribution >= 4 is 0 Å². The first-order valence-corrected chi connectivity index (χ1v) is 9.15. The molecule has 2 heterocycles. The van der Waals surface area contributed by atoms with Crippen LogP contribution in [0, 0.1) is 19.8 Å². The van der Waals surface area contributed by atoms with E-state index in [-0.39, 0.29) is 0 Å². The fourth-order valence-corrected chi connectivity index (χ4v) is 3.67. The Bertz CT molecular complexity index is 636. The number of piperidine rings is 1. The maximum Gasteiger partial charge on any atom is 0.0648 e. The maximum absolute atomic E-state index is 4.56. The highest BCUT2D eigenvalue weighted by atomic mass is 15.3. The van der Waals surface area contributed by atoms with Crippen molar-refractivity contribution in [1.82, 2.24) is 20.0 Å². The van der Waals surface area contributed by atoms with Gasteiger partial charge >= 0.3 is 0 Å². The number of nitrogens with one attached hydrogen (secondary N) is 1. The van der Waals surface area contributed by atoms with Crippen LogP contribution in [0.25, 0.3) is 5.69 Å². The van der Waals surface area contributed by atoms with Gasteiger partial charge in [0.1, 0.15) is 0 Å². The number of aromatic nitrogens is 2. The van der Waals surface area contributed by atoms with Gasteiger partial charge in [-0.1, -0.05) is 12.1 Å².